The second-order valence-electron chi connectivity index (χ2n) is 2.66. The maximum absolute atomic E-state index is 12.9. The minimum atomic E-state index is -4.47. The highest BCUT2D eigenvalue weighted by atomic mass is 127. The molecule has 14 heavy (non-hydrogen) atoms. The first-order valence-corrected chi connectivity index (χ1v) is 3.80. The lowest BCUT2D eigenvalue weighted by atomic mass is 10.1. The molecule has 0 fully saturated rings. The molecule has 0 bridgehead atoms. The van der Waals surface area contributed by atoms with Gasteiger partial charge in [-0.15, -0.1) is 24.0 Å². The lowest BCUT2D eigenvalue weighted by Crippen LogP contribution is -2.05. The van der Waals surface area contributed by atoms with Crippen molar-refractivity contribution < 1.29 is 17.6 Å². The van der Waals surface area contributed by atoms with Crippen molar-refractivity contribution in [3.8, 4) is 0 Å². The van der Waals surface area contributed by atoms with Gasteiger partial charge in [-0.3, -0.25) is 0 Å². The molecule has 80 valence electrons. The maximum atomic E-state index is 12.9. The van der Waals surface area contributed by atoms with E-state index >= 15 is 0 Å². The standard InChI is InChI=1S/C9H8F4.HI/c1-2-6-3-4-7(5-8(6)10)9(11,12)13;/h3-5H,2H2,1H3;1H. The van der Waals surface area contributed by atoms with Crippen molar-refractivity contribution in [1.29, 1.82) is 0 Å². The van der Waals surface area contributed by atoms with E-state index in [0.29, 0.717) is 18.1 Å². The summed E-state index contributed by atoms with van der Waals surface area (Å²) in [7, 11) is 0. The molecule has 1 aromatic carbocycles. The van der Waals surface area contributed by atoms with E-state index in [-0.39, 0.29) is 24.0 Å². The van der Waals surface area contributed by atoms with E-state index in [9.17, 15) is 17.6 Å². The third-order valence-electron chi connectivity index (χ3n) is 1.76. The zero-order valence-corrected chi connectivity index (χ0v) is 9.69. The zero-order chi connectivity index (χ0) is 10.1. The van der Waals surface area contributed by atoms with Gasteiger partial charge in [0.25, 0.3) is 0 Å². The summed E-state index contributed by atoms with van der Waals surface area (Å²) in [4.78, 5) is 0. The van der Waals surface area contributed by atoms with Crippen molar-refractivity contribution in [3.05, 3.63) is 35.1 Å². The molecule has 0 atom stereocenters. The normalized spacial score (nSPS) is 10.9. The number of halogens is 5. The van der Waals surface area contributed by atoms with Gasteiger partial charge in [0.05, 0.1) is 5.56 Å². The first-order valence-electron chi connectivity index (χ1n) is 3.80. The lowest BCUT2D eigenvalue weighted by molar-refractivity contribution is -0.137. The van der Waals surface area contributed by atoms with Crippen LogP contribution in [0.3, 0.4) is 0 Å². The predicted octanol–water partition coefficient (Wildman–Crippen LogP) is 4.02. The van der Waals surface area contributed by atoms with Crippen LogP contribution < -0.4 is 0 Å². The van der Waals surface area contributed by atoms with Gasteiger partial charge < -0.3 is 0 Å². The van der Waals surface area contributed by atoms with Crippen LogP contribution in [0.25, 0.3) is 0 Å². The Morgan fingerprint density at radius 1 is 1.21 bits per heavy atom. The van der Waals surface area contributed by atoms with Crippen LogP contribution in [-0.4, -0.2) is 0 Å². The smallest absolute Gasteiger partial charge is 0.207 e. The molecule has 0 aromatic heterocycles. The summed E-state index contributed by atoms with van der Waals surface area (Å²) in [5.41, 5.74) is -0.643. The number of hydrogen-bond donors (Lipinski definition) is 0. The Bertz CT molecular complexity index is 306. The quantitative estimate of drug-likeness (QED) is 0.541. The van der Waals surface area contributed by atoms with E-state index in [1.165, 1.54) is 0 Å². The Morgan fingerprint density at radius 3 is 2.14 bits per heavy atom. The van der Waals surface area contributed by atoms with Crippen LogP contribution in [0.15, 0.2) is 18.2 Å². The van der Waals surface area contributed by atoms with Crippen LogP contribution >= 0.6 is 24.0 Å². The van der Waals surface area contributed by atoms with Gasteiger partial charge in [0, 0.05) is 0 Å². The summed E-state index contributed by atoms with van der Waals surface area (Å²) in [6.45, 7) is 1.69. The highest BCUT2D eigenvalue weighted by molar-refractivity contribution is 14.0. The molecule has 0 amide bonds. The third kappa shape index (κ3) is 3.11. The molecule has 0 saturated heterocycles. The number of hydrogen-bond acceptors (Lipinski definition) is 0. The molecule has 0 aliphatic rings. The minimum Gasteiger partial charge on any atom is -0.207 e. The molecule has 1 aromatic rings. The summed E-state index contributed by atoms with van der Waals surface area (Å²) in [6, 6.07) is 2.58. The molecule has 0 saturated carbocycles. The van der Waals surface area contributed by atoms with Gasteiger partial charge in [-0.2, -0.15) is 13.2 Å². The van der Waals surface area contributed by atoms with Gasteiger partial charge >= 0.3 is 6.18 Å². The van der Waals surface area contributed by atoms with Crippen LogP contribution in [0.4, 0.5) is 17.6 Å². The molecule has 0 N–H and O–H groups in total. The number of alkyl halides is 3. The maximum Gasteiger partial charge on any atom is 0.416 e. The van der Waals surface area contributed by atoms with E-state index in [1.807, 2.05) is 0 Å². The third-order valence-corrected chi connectivity index (χ3v) is 1.76. The predicted molar refractivity (Wildman–Crippen MR) is 56.2 cm³/mol. The van der Waals surface area contributed by atoms with Crippen molar-refractivity contribution in [3.63, 3.8) is 0 Å². The summed E-state index contributed by atoms with van der Waals surface area (Å²) >= 11 is 0. The molecule has 0 spiro atoms. The van der Waals surface area contributed by atoms with Crippen LogP contribution in [0.5, 0.6) is 0 Å². The first-order chi connectivity index (χ1) is 5.95. The Labute approximate surface area is 96.3 Å². The Morgan fingerprint density at radius 2 is 1.79 bits per heavy atom. The van der Waals surface area contributed by atoms with Crippen molar-refractivity contribution in [2.45, 2.75) is 19.5 Å². The fourth-order valence-corrected chi connectivity index (χ4v) is 1.01. The fraction of sp³-hybridized carbons (Fsp3) is 0.333. The van der Waals surface area contributed by atoms with Gasteiger partial charge in [-0.25, -0.2) is 4.39 Å². The molecule has 0 radical (unpaired) electrons. The van der Waals surface area contributed by atoms with E-state index in [1.54, 1.807) is 6.92 Å². The second-order valence-corrected chi connectivity index (χ2v) is 2.66. The molecule has 0 unspecified atom stereocenters. The minimum absolute atomic E-state index is 0. The Kier molecular flexibility index (Phi) is 4.83. The fourth-order valence-electron chi connectivity index (χ4n) is 1.01. The lowest BCUT2D eigenvalue weighted by Gasteiger charge is -2.07. The van der Waals surface area contributed by atoms with Gasteiger partial charge in [-0.1, -0.05) is 13.0 Å². The average molecular weight is 320 g/mol. The molecular formula is C9H9F4I. The molecule has 1 rings (SSSR count). The summed E-state index contributed by atoms with van der Waals surface area (Å²) < 4.78 is 49.0. The van der Waals surface area contributed by atoms with Crippen molar-refractivity contribution in [2.24, 2.45) is 0 Å². The number of rotatable bonds is 1. The summed E-state index contributed by atoms with van der Waals surface area (Å²) in [5.74, 6) is -0.794. The van der Waals surface area contributed by atoms with Crippen LogP contribution in [0.1, 0.15) is 18.1 Å². The molecule has 0 aliphatic carbocycles. The van der Waals surface area contributed by atoms with Crippen molar-refractivity contribution in [1.82, 2.24) is 0 Å². The van der Waals surface area contributed by atoms with Crippen molar-refractivity contribution in [2.75, 3.05) is 0 Å². The van der Waals surface area contributed by atoms with Crippen LogP contribution in [0.2, 0.25) is 0 Å². The van der Waals surface area contributed by atoms with E-state index in [0.717, 1.165) is 12.1 Å². The van der Waals surface area contributed by atoms with Gasteiger partial charge in [0.2, 0.25) is 0 Å². The van der Waals surface area contributed by atoms with Gasteiger partial charge in [0.15, 0.2) is 0 Å². The summed E-state index contributed by atoms with van der Waals surface area (Å²) in [6.07, 6.45) is -4.07. The monoisotopic (exact) mass is 320 g/mol. The molecule has 0 nitrogen and oxygen atoms in total. The van der Waals surface area contributed by atoms with Crippen molar-refractivity contribution >= 4 is 24.0 Å². The second kappa shape index (κ2) is 4.95. The van der Waals surface area contributed by atoms with E-state index < -0.39 is 17.6 Å². The summed E-state index contributed by atoms with van der Waals surface area (Å²) in [5, 5.41) is 0. The van der Waals surface area contributed by atoms with Crippen LogP contribution in [0, 0.1) is 5.82 Å². The zero-order valence-electron chi connectivity index (χ0n) is 7.36. The largest absolute Gasteiger partial charge is 0.416 e. The van der Waals surface area contributed by atoms with E-state index in [4.69, 9.17) is 0 Å². The molecule has 0 aliphatic heterocycles. The number of aryl methyl sites for hydroxylation is 1. The molecule has 5 heteroatoms. The topological polar surface area (TPSA) is 0 Å². The van der Waals surface area contributed by atoms with Crippen LogP contribution in [-0.2, 0) is 12.6 Å². The average Bonchev–Trinajstić information content (AvgIpc) is 2.02. The highest BCUT2D eigenvalue weighted by Gasteiger charge is 2.30. The first kappa shape index (κ1) is 13.7. The van der Waals surface area contributed by atoms with E-state index in [2.05, 4.69) is 0 Å². The SMILES string of the molecule is CCc1ccc(C(F)(F)F)cc1F.I. The molecular weight excluding hydrogens is 311 g/mol. The Balaban J connectivity index is 0.00000169. The van der Waals surface area contributed by atoms with Gasteiger partial charge in [0.1, 0.15) is 5.82 Å². The Hall–Kier alpha value is -0.330. The molecule has 0 heterocycles. The van der Waals surface area contributed by atoms with Gasteiger partial charge in [-0.05, 0) is 24.1 Å². The highest BCUT2D eigenvalue weighted by Crippen LogP contribution is 2.30. The number of benzene rings is 1.